The van der Waals surface area contributed by atoms with E-state index < -0.39 is 36.4 Å². The van der Waals surface area contributed by atoms with Crippen LogP contribution in [0.15, 0.2) is 30.5 Å². The van der Waals surface area contributed by atoms with E-state index in [0.29, 0.717) is 4.68 Å². The Morgan fingerprint density at radius 1 is 1.08 bits per heavy atom. The number of fused-ring (bicyclic) bond motifs is 1. The van der Waals surface area contributed by atoms with Crippen molar-refractivity contribution in [2.75, 3.05) is 11.4 Å². The molecule has 0 bridgehead atoms. The first-order chi connectivity index (χ1) is 11.5. The van der Waals surface area contributed by atoms with Gasteiger partial charge in [-0.2, -0.15) is 31.4 Å². The number of hydrogen-bond donors (Lipinski definition) is 0. The lowest BCUT2D eigenvalue weighted by molar-refractivity contribution is -0.168. The molecule has 10 heteroatoms. The van der Waals surface area contributed by atoms with Gasteiger partial charge in [0.25, 0.3) is 5.91 Å². The minimum atomic E-state index is -4.67. The fraction of sp³-hybridized carbons (Fsp3) is 0.333. The predicted octanol–water partition coefficient (Wildman–Crippen LogP) is 3.97. The van der Waals surface area contributed by atoms with E-state index in [2.05, 4.69) is 5.10 Å². The molecule has 2 aromatic rings. The second-order valence-corrected chi connectivity index (χ2v) is 5.64. The van der Waals surface area contributed by atoms with Gasteiger partial charge in [-0.3, -0.25) is 4.79 Å². The molecule has 0 aliphatic carbocycles. The van der Waals surface area contributed by atoms with Gasteiger partial charge in [0.15, 0.2) is 6.04 Å². The molecule has 1 atom stereocenters. The van der Waals surface area contributed by atoms with Gasteiger partial charge in [-0.15, -0.1) is 0 Å². The molecule has 1 unspecified atom stereocenters. The van der Waals surface area contributed by atoms with Crippen molar-refractivity contribution in [1.29, 1.82) is 0 Å². The fourth-order valence-electron chi connectivity index (χ4n) is 2.71. The predicted molar refractivity (Wildman–Crippen MR) is 75.2 cm³/mol. The maximum Gasteiger partial charge on any atom is 0.416 e. The zero-order valence-corrected chi connectivity index (χ0v) is 12.7. The third-order valence-corrected chi connectivity index (χ3v) is 3.96. The zero-order valence-electron chi connectivity index (χ0n) is 12.7. The summed E-state index contributed by atoms with van der Waals surface area (Å²) in [6, 6.07) is 1.34. The van der Waals surface area contributed by atoms with Crippen LogP contribution in [0.2, 0.25) is 0 Å². The molecular weight excluding hydrogens is 352 g/mol. The molecule has 2 heterocycles. The molecule has 4 nitrogen and oxygen atoms in total. The summed E-state index contributed by atoms with van der Waals surface area (Å²) >= 11 is 0. The lowest BCUT2D eigenvalue weighted by Crippen LogP contribution is -2.48. The largest absolute Gasteiger partial charge is 0.416 e. The molecular formula is C15H11F6N3O. The van der Waals surface area contributed by atoms with Crippen LogP contribution in [0.3, 0.4) is 0 Å². The van der Waals surface area contributed by atoms with E-state index in [1.807, 2.05) is 0 Å². The summed E-state index contributed by atoms with van der Waals surface area (Å²) in [5.41, 5.74) is -0.960. The van der Waals surface area contributed by atoms with E-state index in [1.165, 1.54) is 6.92 Å². The van der Waals surface area contributed by atoms with Crippen LogP contribution in [0.25, 0.3) is 0 Å². The Morgan fingerprint density at radius 2 is 1.68 bits per heavy atom. The van der Waals surface area contributed by atoms with Gasteiger partial charge in [-0.1, -0.05) is 0 Å². The van der Waals surface area contributed by atoms with Gasteiger partial charge in [0, 0.05) is 11.3 Å². The van der Waals surface area contributed by atoms with Crippen molar-refractivity contribution in [2.45, 2.75) is 25.3 Å². The highest BCUT2D eigenvalue weighted by atomic mass is 19.4. The number of amides is 1. The molecule has 0 saturated heterocycles. The van der Waals surface area contributed by atoms with Crippen LogP contribution in [0.4, 0.5) is 32.0 Å². The molecule has 1 aliphatic heterocycles. The number of hydrogen-bond acceptors (Lipinski definition) is 2. The summed E-state index contributed by atoms with van der Waals surface area (Å²) in [6.45, 7) is 0.683. The van der Waals surface area contributed by atoms with Crippen molar-refractivity contribution in [3.63, 3.8) is 0 Å². The summed E-state index contributed by atoms with van der Waals surface area (Å²) in [4.78, 5) is 13.4. The molecule has 0 spiro atoms. The van der Waals surface area contributed by atoms with Crippen molar-refractivity contribution in [1.82, 2.24) is 9.78 Å². The maximum absolute atomic E-state index is 13.3. The molecule has 1 aliphatic rings. The SMILES string of the molecule is Cc1cnn2c1C(=O)N(c1ccc(C(F)(F)F)cc1)CC2C(F)(F)F. The van der Waals surface area contributed by atoms with Gasteiger partial charge in [0.2, 0.25) is 0 Å². The molecule has 25 heavy (non-hydrogen) atoms. The molecule has 0 radical (unpaired) electrons. The average Bonchev–Trinajstić information content (AvgIpc) is 2.88. The third kappa shape index (κ3) is 2.96. The summed E-state index contributed by atoms with van der Waals surface area (Å²) in [5.74, 6) is -0.741. The van der Waals surface area contributed by atoms with Crippen molar-refractivity contribution in [3.8, 4) is 0 Å². The van der Waals surface area contributed by atoms with Crippen LogP contribution in [0, 0.1) is 6.92 Å². The van der Waals surface area contributed by atoms with Gasteiger partial charge >= 0.3 is 12.4 Å². The first kappa shape index (κ1) is 17.3. The van der Waals surface area contributed by atoms with E-state index in [1.54, 1.807) is 0 Å². The van der Waals surface area contributed by atoms with Crippen LogP contribution in [0.5, 0.6) is 0 Å². The highest BCUT2D eigenvalue weighted by Gasteiger charge is 2.48. The van der Waals surface area contributed by atoms with Crippen molar-refractivity contribution >= 4 is 11.6 Å². The Balaban J connectivity index is 2.03. The van der Waals surface area contributed by atoms with Crippen LogP contribution in [-0.2, 0) is 6.18 Å². The summed E-state index contributed by atoms with van der Waals surface area (Å²) in [5, 5.41) is 3.63. The summed E-state index contributed by atoms with van der Waals surface area (Å²) in [6.07, 6.45) is -8.09. The normalized spacial score (nSPS) is 18.4. The first-order valence-electron chi connectivity index (χ1n) is 7.10. The smallest absolute Gasteiger partial charge is 0.305 e. The number of carbonyl (C=O) groups is 1. The number of aromatic nitrogens is 2. The van der Waals surface area contributed by atoms with E-state index in [9.17, 15) is 31.1 Å². The van der Waals surface area contributed by atoms with Gasteiger partial charge in [-0.05, 0) is 31.2 Å². The molecule has 1 aromatic carbocycles. The Kier molecular flexibility index (Phi) is 3.81. The first-order valence-corrected chi connectivity index (χ1v) is 7.10. The number of halogens is 6. The lowest BCUT2D eigenvalue weighted by Gasteiger charge is -2.34. The third-order valence-electron chi connectivity index (χ3n) is 3.96. The van der Waals surface area contributed by atoms with Gasteiger partial charge in [0.05, 0.1) is 18.3 Å². The second kappa shape index (κ2) is 5.50. The standard InChI is InChI=1S/C15H11F6N3O/c1-8-6-22-24-11(15(19,20)21)7-23(13(25)12(8)24)10-4-2-9(3-5-10)14(16,17)18/h2-6,11H,7H2,1H3. The minimum Gasteiger partial charge on any atom is -0.305 e. The molecule has 3 rings (SSSR count). The number of rotatable bonds is 1. The average molecular weight is 363 g/mol. The van der Waals surface area contributed by atoms with Crippen LogP contribution in [-0.4, -0.2) is 28.4 Å². The highest BCUT2D eigenvalue weighted by molar-refractivity contribution is 6.06. The van der Waals surface area contributed by atoms with Gasteiger partial charge < -0.3 is 4.90 Å². The quantitative estimate of drug-likeness (QED) is 0.719. The van der Waals surface area contributed by atoms with Crippen molar-refractivity contribution < 1.29 is 31.1 Å². The number of alkyl halides is 6. The number of benzene rings is 1. The van der Waals surface area contributed by atoms with E-state index >= 15 is 0 Å². The Morgan fingerprint density at radius 3 is 2.20 bits per heavy atom. The number of anilines is 1. The van der Waals surface area contributed by atoms with E-state index in [0.717, 1.165) is 35.4 Å². The number of nitrogens with zero attached hydrogens (tertiary/aromatic N) is 3. The Hall–Kier alpha value is -2.52. The maximum atomic E-state index is 13.3. The summed E-state index contributed by atoms with van der Waals surface area (Å²) < 4.78 is 78.5. The zero-order chi connectivity index (χ0) is 18.6. The highest BCUT2D eigenvalue weighted by Crippen LogP contribution is 2.38. The fourth-order valence-corrected chi connectivity index (χ4v) is 2.71. The summed E-state index contributed by atoms with van der Waals surface area (Å²) in [7, 11) is 0. The van der Waals surface area contributed by atoms with Gasteiger partial charge in [0.1, 0.15) is 5.69 Å². The van der Waals surface area contributed by atoms with E-state index in [-0.39, 0.29) is 16.9 Å². The van der Waals surface area contributed by atoms with Crippen molar-refractivity contribution in [2.24, 2.45) is 0 Å². The lowest BCUT2D eigenvalue weighted by atomic mass is 10.1. The minimum absolute atomic E-state index is 0.0425. The molecule has 0 saturated carbocycles. The van der Waals surface area contributed by atoms with Crippen LogP contribution >= 0.6 is 0 Å². The topological polar surface area (TPSA) is 38.1 Å². The van der Waals surface area contributed by atoms with E-state index in [4.69, 9.17) is 0 Å². The Bertz CT molecular complexity index is 806. The molecule has 134 valence electrons. The van der Waals surface area contributed by atoms with Crippen molar-refractivity contribution in [3.05, 3.63) is 47.3 Å². The molecule has 0 fully saturated rings. The Labute approximate surface area is 137 Å². The van der Waals surface area contributed by atoms with Crippen LogP contribution < -0.4 is 4.90 Å². The number of carbonyl (C=O) groups excluding carboxylic acids is 1. The second-order valence-electron chi connectivity index (χ2n) is 5.64. The molecule has 1 amide bonds. The molecule has 0 N–H and O–H groups in total. The number of aryl methyl sites for hydroxylation is 1. The van der Waals surface area contributed by atoms with Gasteiger partial charge in [-0.25, -0.2) is 4.68 Å². The molecule has 1 aromatic heterocycles. The van der Waals surface area contributed by atoms with Crippen LogP contribution in [0.1, 0.15) is 27.7 Å². The monoisotopic (exact) mass is 363 g/mol.